The van der Waals surface area contributed by atoms with E-state index in [1.165, 1.54) is 4.57 Å². The van der Waals surface area contributed by atoms with Crippen LogP contribution in [0.4, 0.5) is 5.69 Å². The zero-order valence-electron chi connectivity index (χ0n) is 8.16. The SMILES string of the molecule is C/C=C\c1c(C)c(N)cn(C)c1=O. The van der Waals surface area contributed by atoms with Crippen LogP contribution < -0.4 is 11.3 Å². The van der Waals surface area contributed by atoms with Crippen molar-refractivity contribution in [1.29, 1.82) is 0 Å². The Labute approximate surface area is 77.5 Å². The van der Waals surface area contributed by atoms with Gasteiger partial charge in [0, 0.05) is 18.8 Å². The lowest BCUT2D eigenvalue weighted by Crippen LogP contribution is -2.21. The molecule has 3 nitrogen and oxygen atoms in total. The summed E-state index contributed by atoms with van der Waals surface area (Å²) in [5, 5.41) is 0. The highest BCUT2D eigenvalue weighted by Gasteiger charge is 2.05. The number of aromatic nitrogens is 1. The molecule has 1 heterocycles. The highest BCUT2D eigenvalue weighted by molar-refractivity contribution is 5.60. The molecule has 0 aliphatic rings. The van der Waals surface area contributed by atoms with Gasteiger partial charge in [-0.25, -0.2) is 0 Å². The Morgan fingerprint density at radius 2 is 2.15 bits per heavy atom. The van der Waals surface area contributed by atoms with E-state index >= 15 is 0 Å². The first kappa shape index (κ1) is 9.58. The second-order valence-electron chi connectivity index (χ2n) is 3.04. The molecule has 0 aliphatic heterocycles. The van der Waals surface area contributed by atoms with Gasteiger partial charge in [0.05, 0.1) is 5.69 Å². The number of rotatable bonds is 1. The quantitative estimate of drug-likeness (QED) is 0.704. The van der Waals surface area contributed by atoms with Crippen molar-refractivity contribution < 1.29 is 0 Å². The fourth-order valence-electron chi connectivity index (χ4n) is 1.23. The van der Waals surface area contributed by atoms with Gasteiger partial charge in [-0.05, 0) is 19.4 Å². The Kier molecular flexibility index (Phi) is 2.56. The van der Waals surface area contributed by atoms with E-state index in [0.29, 0.717) is 11.3 Å². The van der Waals surface area contributed by atoms with Gasteiger partial charge in [0.15, 0.2) is 0 Å². The van der Waals surface area contributed by atoms with E-state index in [4.69, 9.17) is 5.73 Å². The molecule has 0 amide bonds. The van der Waals surface area contributed by atoms with Gasteiger partial charge in [0.25, 0.3) is 5.56 Å². The van der Waals surface area contributed by atoms with Gasteiger partial charge in [-0.1, -0.05) is 12.2 Å². The Bertz CT molecular complexity index is 402. The summed E-state index contributed by atoms with van der Waals surface area (Å²) in [5.41, 5.74) is 7.89. The molecular formula is C10H14N2O. The molecule has 0 aromatic carbocycles. The monoisotopic (exact) mass is 178 g/mol. The molecule has 0 bridgehead atoms. The third-order valence-electron chi connectivity index (χ3n) is 2.05. The number of pyridine rings is 1. The summed E-state index contributed by atoms with van der Waals surface area (Å²) in [6.07, 6.45) is 5.27. The standard InChI is InChI=1S/C10H14N2O/c1-4-5-8-7(2)9(11)6-12(3)10(8)13/h4-6H,11H2,1-3H3/b5-4-. The maximum atomic E-state index is 11.6. The summed E-state index contributed by atoms with van der Waals surface area (Å²) in [6.45, 7) is 3.73. The van der Waals surface area contributed by atoms with E-state index in [9.17, 15) is 4.79 Å². The zero-order chi connectivity index (χ0) is 10.0. The predicted molar refractivity (Wildman–Crippen MR) is 55.5 cm³/mol. The molecule has 0 atom stereocenters. The van der Waals surface area contributed by atoms with E-state index in [1.54, 1.807) is 19.3 Å². The average Bonchev–Trinajstić information content (AvgIpc) is 2.09. The number of hydrogen-bond donors (Lipinski definition) is 1. The Morgan fingerprint density at radius 3 is 2.69 bits per heavy atom. The van der Waals surface area contributed by atoms with Crippen LogP contribution in [0.1, 0.15) is 18.1 Å². The minimum Gasteiger partial charge on any atom is -0.397 e. The van der Waals surface area contributed by atoms with Gasteiger partial charge in [0.1, 0.15) is 0 Å². The number of nitrogens with zero attached hydrogens (tertiary/aromatic N) is 1. The summed E-state index contributed by atoms with van der Waals surface area (Å²) in [4.78, 5) is 11.6. The van der Waals surface area contributed by atoms with Crippen molar-refractivity contribution in [2.75, 3.05) is 5.73 Å². The molecule has 0 aliphatic carbocycles. The summed E-state index contributed by atoms with van der Waals surface area (Å²) < 4.78 is 1.50. The Balaban J connectivity index is 3.56. The largest absolute Gasteiger partial charge is 0.397 e. The van der Waals surface area contributed by atoms with Crippen LogP contribution in [0.25, 0.3) is 6.08 Å². The third-order valence-corrected chi connectivity index (χ3v) is 2.05. The Hall–Kier alpha value is -1.51. The molecule has 0 saturated carbocycles. The summed E-state index contributed by atoms with van der Waals surface area (Å²) in [7, 11) is 1.70. The molecule has 13 heavy (non-hydrogen) atoms. The minimum atomic E-state index is -0.00944. The molecule has 1 aromatic rings. The number of hydrogen-bond acceptors (Lipinski definition) is 2. The van der Waals surface area contributed by atoms with Crippen molar-refractivity contribution in [1.82, 2.24) is 4.57 Å². The first-order valence-electron chi connectivity index (χ1n) is 4.16. The first-order valence-corrected chi connectivity index (χ1v) is 4.16. The molecular weight excluding hydrogens is 164 g/mol. The summed E-state index contributed by atoms with van der Waals surface area (Å²) >= 11 is 0. The number of nitrogens with two attached hydrogens (primary N) is 1. The molecule has 0 radical (unpaired) electrons. The summed E-state index contributed by atoms with van der Waals surface area (Å²) in [5.74, 6) is 0. The van der Waals surface area contributed by atoms with Gasteiger partial charge in [-0.3, -0.25) is 4.79 Å². The van der Waals surface area contributed by atoms with Crippen molar-refractivity contribution in [2.45, 2.75) is 13.8 Å². The van der Waals surface area contributed by atoms with Gasteiger partial charge in [-0.15, -0.1) is 0 Å². The predicted octanol–water partition coefficient (Wildman–Crippen LogP) is 1.31. The smallest absolute Gasteiger partial charge is 0.257 e. The normalized spacial score (nSPS) is 11.0. The molecule has 2 N–H and O–H groups in total. The van der Waals surface area contributed by atoms with Crippen molar-refractivity contribution in [3.05, 3.63) is 33.8 Å². The molecule has 70 valence electrons. The highest BCUT2D eigenvalue weighted by atomic mass is 16.1. The van der Waals surface area contributed by atoms with Crippen LogP contribution in [0.2, 0.25) is 0 Å². The second-order valence-corrected chi connectivity index (χ2v) is 3.04. The molecule has 3 heteroatoms. The van der Waals surface area contributed by atoms with Crippen LogP contribution in [0.15, 0.2) is 17.1 Å². The molecule has 1 rings (SSSR count). The van der Waals surface area contributed by atoms with Gasteiger partial charge in [-0.2, -0.15) is 0 Å². The number of anilines is 1. The van der Waals surface area contributed by atoms with Crippen LogP contribution in [0.5, 0.6) is 0 Å². The summed E-state index contributed by atoms with van der Waals surface area (Å²) in [6, 6.07) is 0. The van der Waals surface area contributed by atoms with Crippen molar-refractivity contribution in [3.8, 4) is 0 Å². The van der Waals surface area contributed by atoms with Crippen LogP contribution in [0, 0.1) is 6.92 Å². The maximum absolute atomic E-state index is 11.6. The lowest BCUT2D eigenvalue weighted by Gasteiger charge is -2.06. The lowest BCUT2D eigenvalue weighted by atomic mass is 10.1. The topological polar surface area (TPSA) is 48.0 Å². The molecule has 0 spiro atoms. The van der Waals surface area contributed by atoms with E-state index in [2.05, 4.69) is 0 Å². The third kappa shape index (κ3) is 1.64. The van der Waals surface area contributed by atoms with Crippen molar-refractivity contribution in [2.24, 2.45) is 7.05 Å². The molecule has 0 saturated heterocycles. The van der Waals surface area contributed by atoms with E-state index in [0.717, 1.165) is 5.56 Å². The van der Waals surface area contributed by atoms with Crippen LogP contribution in [-0.2, 0) is 7.05 Å². The fraction of sp³-hybridized carbons (Fsp3) is 0.300. The van der Waals surface area contributed by atoms with Crippen LogP contribution in [0.3, 0.4) is 0 Å². The maximum Gasteiger partial charge on any atom is 0.257 e. The molecule has 0 unspecified atom stereocenters. The van der Waals surface area contributed by atoms with Crippen LogP contribution in [-0.4, -0.2) is 4.57 Å². The molecule has 0 fully saturated rings. The minimum absolute atomic E-state index is 0.00944. The average molecular weight is 178 g/mol. The van der Waals surface area contributed by atoms with Crippen molar-refractivity contribution in [3.63, 3.8) is 0 Å². The highest BCUT2D eigenvalue weighted by Crippen LogP contribution is 2.12. The Morgan fingerprint density at radius 1 is 1.54 bits per heavy atom. The second kappa shape index (κ2) is 3.47. The number of nitrogen functional groups attached to an aromatic ring is 1. The first-order chi connectivity index (χ1) is 6.07. The number of aryl methyl sites for hydroxylation is 1. The fourth-order valence-corrected chi connectivity index (χ4v) is 1.23. The van der Waals surface area contributed by atoms with E-state index < -0.39 is 0 Å². The zero-order valence-corrected chi connectivity index (χ0v) is 8.16. The van der Waals surface area contributed by atoms with E-state index in [1.807, 2.05) is 19.9 Å². The molecule has 1 aromatic heterocycles. The van der Waals surface area contributed by atoms with Gasteiger partial charge in [0.2, 0.25) is 0 Å². The number of allylic oxidation sites excluding steroid dienone is 1. The van der Waals surface area contributed by atoms with Crippen molar-refractivity contribution >= 4 is 11.8 Å². The lowest BCUT2D eigenvalue weighted by molar-refractivity contribution is 0.855. The van der Waals surface area contributed by atoms with Crippen LogP contribution >= 0.6 is 0 Å². The van der Waals surface area contributed by atoms with Gasteiger partial charge >= 0.3 is 0 Å². The van der Waals surface area contributed by atoms with E-state index in [-0.39, 0.29) is 5.56 Å². The van der Waals surface area contributed by atoms with Gasteiger partial charge < -0.3 is 10.3 Å².